The van der Waals surface area contributed by atoms with Crippen molar-refractivity contribution in [2.75, 3.05) is 13.2 Å². The standard InChI is InChI=1S/C19H22FNO2/c1-15(17-7-9-18(20)10-8-17)13-19(23)21(11-12-22)14-16-5-3-2-4-6-16/h2-10,15,22H,11-14H2,1H3. The average molecular weight is 315 g/mol. The first-order chi connectivity index (χ1) is 11.1. The molecule has 0 fully saturated rings. The zero-order chi connectivity index (χ0) is 16.7. The molecule has 1 N–H and O–H groups in total. The lowest BCUT2D eigenvalue weighted by Crippen LogP contribution is -2.33. The Hall–Kier alpha value is -2.20. The van der Waals surface area contributed by atoms with Gasteiger partial charge in [-0.3, -0.25) is 4.79 Å². The maximum Gasteiger partial charge on any atom is 0.223 e. The predicted molar refractivity (Wildman–Crippen MR) is 88.4 cm³/mol. The third-order valence-corrected chi connectivity index (χ3v) is 3.86. The average Bonchev–Trinajstić information content (AvgIpc) is 2.56. The SMILES string of the molecule is CC(CC(=O)N(CCO)Cc1ccccc1)c1ccc(F)cc1. The number of aliphatic hydroxyl groups excluding tert-OH is 1. The Morgan fingerprint density at radius 3 is 2.39 bits per heavy atom. The Balaban J connectivity index is 2.01. The molecule has 1 unspecified atom stereocenters. The van der Waals surface area contributed by atoms with Crippen LogP contribution in [0.15, 0.2) is 54.6 Å². The van der Waals surface area contributed by atoms with Crippen molar-refractivity contribution in [2.24, 2.45) is 0 Å². The third kappa shape index (κ3) is 5.18. The van der Waals surface area contributed by atoms with Crippen LogP contribution in [0.1, 0.15) is 30.4 Å². The number of carbonyl (C=O) groups is 1. The van der Waals surface area contributed by atoms with Gasteiger partial charge >= 0.3 is 0 Å². The maximum absolute atomic E-state index is 13.0. The third-order valence-electron chi connectivity index (χ3n) is 3.86. The molecule has 1 amide bonds. The van der Waals surface area contributed by atoms with E-state index in [1.165, 1.54) is 12.1 Å². The molecule has 0 saturated carbocycles. The molecule has 0 spiro atoms. The molecule has 2 rings (SSSR count). The summed E-state index contributed by atoms with van der Waals surface area (Å²) in [7, 11) is 0. The van der Waals surface area contributed by atoms with Crippen LogP contribution in [0, 0.1) is 5.82 Å². The van der Waals surface area contributed by atoms with Gasteiger partial charge in [0.05, 0.1) is 6.61 Å². The Morgan fingerprint density at radius 2 is 1.78 bits per heavy atom. The summed E-state index contributed by atoms with van der Waals surface area (Å²) in [4.78, 5) is 14.2. The summed E-state index contributed by atoms with van der Waals surface area (Å²) in [5.74, 6) is -0.293. The molecule has 1 atom stereocenters. The molecule has 0 aliphatic carbocycles. The number of halogens is 1. The molecule has 0 radical (unpaired) electrons. The van der Waals surface area contributed by atoms with Gasteiger partial charge in [-0.25, -0.2) is 4.39 Å². The first kappa shape index (κ1) is 17.2. The van der Waals surface area contributed by atoms with Crippen molar-refractivity contribution in [3.63, 3.8) is 0 Å². The van der Waals surface area contributed by atoms with E-state index in [4.69, 9.17) is 0 Å². The fourth-order valence-electron chi connectivity index (χ4n) is 2.52. The summed E-state index contributed by atoms with van der Waals surface area (Å²) in [5.41, 5.74) is 1.96. The Morgan fingerprint density at radius 1 is 1.13 bits per heavy atom. The maximum atomic E-state index is 13.0. The zero-order valence-electron chi connectivity index (χ0n) is 13.3. The van der Waals surface area contributed by atoms with Gasteiger partial charge in [0.1, 0.15) is 5.82 Å². The minimum atomic E-state index is -0.279. The number of hydrogen-bond donors (Lipinski definition) is 1. The summed E-state index contributed by atoms with van der Waals surface area (Å²) < 4.78 is 13.0. The van der Waals surface area contributed by atoms with Gasteiger partial charge in [-0.15, -0.1) is 0 Å². The van der Waals surface area contributed by atoms with Crippen LogP contribution in [-0.4, -0.2) is 29.1 Å². The van der Waals surface area contributed by atoms with E-state index in [2.05, 4.69) is 0 Å². The second-order valence-electron chi connectivity index (χ2n) is 5.68. The number of hydrogen-bond acceptors (Lipinski definition) is 2. The highest BCUT2D eigenvalue weighted by Gasteiger charge is 2.17. The molecule has 0 aromatic heterocycles. The van der Waals surface area contributed by atoms with E-state index >= 15 is 0 Å². The van der Waals surface area contributed by atoms with Crippen molar-refractivity contribution in [3.05, 3.63) is 71.5 Å². The van der Waals surface area contributed by atoms with Crippen LogP contribution in [0.4, 0.5) is 4.39 Å². The molecule has 23 heavy (non-hydrogen) atoms. The first-order valence-corrected chi connectivity index (χ1v) is 7.78. The van der Waals surface area contributed by atoms with Crippen molar-refractivity contribution >= 4 is 5.91 Å². The number of nitrogens with zero attached hydrogens (tertiary/aromatic N) is 1. The fraction of sp³-hybridized carbons (Fsp3) is 0.316. The second-order valence-corrected chi connectivity index (χ2v) is 5.68. The van der Waals surface area contributed by atoms with Crippen LogP contribution in [-0.2, 0) is 11.3 Å². The topological polar surface area (TPSA) is 40.5 Å². The molecule has 4 heteroatoms. The van der Waals surface area contributed by atoms with Crippen LogP contribution in [0.2, 0.25) is 0 Å². The summed E-state index contributed by atoms with van der Waals surface area (Å²) in [5, 5.41) is 9.21. The van der Waals surface area contributed by atoms with Crippen LogP contribution in [0.5, 0.6) is 0 Å². The molecule has 0 aliphatic heterocycles. The van der Waals surface area contributed by atoms with Gasteiger partial charge in [0.15, 0.2) is 0 Å². The molecular weight excluding hydrogens is 293 g/mol. The highest BCUT2D eigenvalue weighted by Crippen LogP contribution is 2.21. The van der Waals surface area contributed by atoms with Crippen LogP contribution in [0.3, 0.4) is 0 Å². The van der Waals surface area contributed by atoms with Gasteiger partial charge in [0.25, 0.3) is 0 Å². The molecule has 0 aliphatic rings. The van der Waals surface area contributed by atoms with Gasteiger partial charge < -0.3 is 10.0 Å². The lowest BCUT2D eigenvalue weighted by molar-refractivity contribution is -0.132. The van der Waals surface area contributed by atoms with E-state index in [9.17, 15) is 14.3 Å². The molecule has 0 heterocycles. The number of carbonyl (C=O) groups excluding carboxylic acids is 1. The fourth-order valence-corrected chi connectivity index (χ4v) is 2.52. The van der Waals surface area contributed by atoms with Gasteiger partial charge in [-0.05, 0) is 29.2 Å². The molecule has 0 saturated heterocycles. The van der Waals surface area contributed by atoms with E-state index in [-0.39, 0.29) is 24.2 Å². The lowest BCUT2D eigenvalue weighted by atomic mass is 9.97. The van der Waals surface area contributed by atoms with Crippen LogP contribution < -0.4 is 0 Å². The highest BCUT2D eigenvalue weighted by atomic mass is 19.1. The van der Waals surface area contributed by atoms with Gasteiger partial charge in [-0.2, -0.15) is 0 Å². The summed E-state index contributed by atoms with van der Waals surface area (Å²) in [6.07, 6.45) is 0.332. The van der Waals surface area contributed by atoms with E-state index in [1.54, 1.807) is 17.0 Å². The smallest absolute Gasteiger partial charge is 0.223 e. The number of benzene rings is 2. The molecule has 2 aromatic rings. The Labute approximate surface area is 136 Å². The highest BCUT2D eigenvalue weighted by molar-refractivity contribution is 5.77. The van der Waals surface area contributed by atoms with Crippen molar-refractivity contribution < 1.29 is 14.3 Å². The van der Waals surface area contributed by atoms with Crippen LogP contribution >= 0.6 is 0 Å². The molecule has 122 valence electrons. The second kappa shape index (κ2) is 8.44. The lowest BCUT2D eigenvalue weighted by Gasteiger charge is -2.24. The minimum absolute atomic E-state index is 0.0000613. The summed E-state index contributed by atoms with van der Waals surface area (Å²) in [6, 6.07) is 15.9. The van der Waals surface area contributed by atoms with E-state index in [1.807, 2.05) is 37.3 Å². The number of amides is 1. The first-order valence-electron chi connectivity index (χ1n) is 7.78. The summed E-state index contributed by atoms with van der Waals surface area (Å²) in [6.45, 7) is 2.68. The molecule has 0 bridgehead atoms. The van der Waals surface area contributed by atoms with E-state index in [0.717, 1.165) is 11.1 Å². The van der Waals surface area contributed by atoms with Crippen LogP contribution in [0.25, 0.3) is 0 Å². The van der Waals surface area contributed by atoms with Gasteiger partial charge in [-0.1, -0.05) is 49.4 Å². The molecule has 3 nitrogen and oxygen atoms in total. The Kier molecular flexibility index (Phi) is 6.29. The normalized spacial score (nSPS) is 12.0. The molecule has 2 aromatic carbocycles. The quantitative estimate of drug-likeness (QED) is 0.851. The zero-order valence-corrected chi connectivity index (χ0v) is 13.3. The number of rotatable bonds is 7. The Bertz CT molecular complexity index is 613. The van der Waals surface area contributed by atoms with E-state index < -0.39 is 0 Å². The van der Waals surface area contributed by atoms with E-state index in [0.29, 0.717) is 19.5 Å². The van der Waals surface area contributed by atoms with Crippen molar-refractivity contribution in [1.29, 1.82) is 0 Å². The molecular formula is C19H22FNO2. The van der Waals surface area contributed by atoms with Crippen molar-refractivity contribution in [1.82, 2.24) is 4.90 Å². The minimum Gasteiger partial charge on any atom is -0.395 e. The van der Waals surface area contributed by atoms with Crippen molar-refractivity contribution in [2.45, 2.75) is 25.8 Å². The predicted octanol–water partition coefficient (Wildman–Crippen LogP) is 3.34. The largest absolute Gasteiger partial charge is 0.395 e. The van der Waals surface area contributed by atoms with Gasteiger partial charge in [0, 0.05) is 19.5 Å². The number of aliphatic hydroxyl groups is 1. The summed E-state index contributed by atoms with van der Waals surface area (Å²) >= 11 is 0. The monoisotopic (exact) mass is 315 g/mol. The van der Waals surface area contributed by atoms with Gasteiger partial charge in [0.2, 0.25) is 5.91 Å². The van der Waals surface area contributed by atoms with Crippen molar-refractivity contribution in [3.8, 4) is 0 Å².